The molecule has 0 aromatic carbocycles. The molecule has 1 atom stereocenters. The first-order valence-corrected chi connectivity index (χ1v) is 5.40. The molecule has 1 fully saturated rings. The Labute approximate surface area is 90.1 Å². The van der Waals surface area contributed by atoms with Crippen LogP contribution in [0.15, 0.2) is 6.20 Å². The number of anilines is 1. The average molecular weight is 207 g/mol. The molecule has 4 nitrogen and oxygen atoms in total. The molecule has 1 saturated heterocycles. The first-order chi connectivity index (χ1) is 7.25. The van der Waals surface area contributed by atoms with Crippen LogP contribution < -0.4 is 5.32 Å². The Morgan fingerprint density at radius 1 is 1.47 bits per heavy atom. The molecule has 0 saturated carbocycles. The van der Waals surface area contributed by atoms with Crippen molar-refractivity contribution in [2.75, 3.05) is 18.5 Å². The van der Waals surface area contributed by atoms with Gasteiger partial charge in [-0.15, -0.1) is 0 Å². The predicted molar refractivity (Wildman–Crippen MR) is 59.0 cm³/mol. The minimum absolute atomic E-state index is 0.362. The van der Waals surface area contributed by atoms with Gasteiger partial charge < -0.3 is 10.1 Å². The maximum Gasteiger partial charge on any atom is 0.223 e. The quantitative estimate of drug-likeness (QED) is 0.801. The van der Waals surface area contributed by atoms with Crippen molar-refractivity contribution in [1.29, 1.82) is 0 Å². The Kier molecular flexibility index (Phi) is 3.16. The molecule has 82 valence electrons. The summed E-state index contributed by atoms with van der Waals surface area (Å²) >= 11 is 0. The van der Waals surface area contributed by atoms with Crippen molar-refractivity contribution in [2.24, 2.45) is 0 Å². The van der Waals surface area contributed by atoms with Gasteiger partial charge in [0.1, 0.15) is 0 Å². The summed E-state index contributed by atoms with van der Waals surface area (Å²) in [6.07, 6.45) is 4.10. The van der Waals surface area contributed by atoms with Gasteiger partial charge in [-0.3, -0.25) is 0 Å². The summed E-state index contributed by atoms with van der Waals surface area (Å²) in [5.41, 5.74) is 2.16. The van der Waals surface area contributed by atoms with E-state index in [2.05, 4.69) is 15.3 Å². The number of nitrogens with one attached hydrogen (secondary N) is 1. The van der Waals surface area contributed by atoms with Crippen LogP contribution in [-0.4, -0.2) is 29.2 Å². The topological polar surface area (TPSA) is 47.0 Å². The molecular weight excluding hydrogens is 190 g/mol. The summed E-state index contributed by atoms with van der Waals surface area (Å²) in [7, 11) is 0. The monoisotopic (exact) mass is 207 g/mol. The van der Waals surface area contributed by atoms with Crippen LogP contribution in [0.2, 0.25) is 0 Å². The second kappa shape index (κ2) is 4.57. The zero-order chi connectivity index (χ0) is 10.7. The highest BCUT2D eigenvalue weighted by atomic mass is 16.5. The van der Waals surface area contributed by atoms with Gasteiger partial charge in [0.05, 0.1) is 12.6 Å². The third-order valence-corrected chi connectivity index (χ3v) is 2.72. The lowest BCUT2D eigenvalue weighted by Crippen LogP contribution is -2.30. The van der Waals surface area contributed by atoms with Crippen LogP contribution in [0, 0.1) is 13.8 Å². The van der Waals surface area contributed by atoms with Crippen LogP contribution in [0.4, 0.5) is 5.95 Å². The fourth-order valence-electron chi connectivity index (χ4n) is 1.63. The van der Waals surface area contributed by atoms with Crippen LogP contribution >= 0.6 is 0 Å². The van der Waals surface area contributed by atoms with Crippen molar-refractivity contribution in [1.82, 2.24) is 9.97 Å². The van der Waals surface area contributed by atoms with Crippen molar-refractivity contribution < 1.29 is 4.74 Å². The summed E-state index contributed by atoms with van der Waals surface area (Å²) in [6, 6.07) is 0.362. The van der Waals surface area contributed by atoms with Crippen molar-refractivity contribution in [3.63, 3.8) is 0 Å². The van der Waals surface area contributed by atoms with Gasteiger partial charge in [-0.1, -0.05) is 0 Å². The molecule has 0 radical (unpaired) electrons. The number of aryl methyl sites for hydroxylation is 2. The summed E-state index contributed by atoms with van der Waals surface area (Å²) in [6.45, 7) is 5.66. The maximum absolute atomic E-state index is 5.39. The van der Waals surface area contributed by atoms with Crippen LogP contribution in [0.25, 0.3) is 0 Å². The van der Waals surface area contributed by atoms with Crippen molar-refractivity contribution >= 4 is 5.95 Å². The van der Waals surface area contributed by atoms with Gasteiger partial charge >= 0.3 is 0 Å². The van der Waals surface area contributed by atoms with Gasteiger partial charge in [-0.25, -0.2) is 9.97 Å². The third kappa shape index (κ3) is 2.65. The number of hydrogen-bond donors (Lipinski definition) is 1. The highest BCUT2D eigenvalue weighted by Crippen LogP contribution is 2.12. The summed E-state index contributed by atoms with van der Waals surface area (Å²) in [5.74, 6) is 0.716. The molecule has 2 heterocycles. The minimum Gasteiger partial charge on any atom is -0.379 e. The Hall–Kier alpha value is -1.16. The number of aromatic nitrogens is 2. The fraction of sp³-hybridized carbons (Fsp3) is 0.636. The normalized spacial score (nSPS) is 21.3. The Balaban J connectivity index is 2.00. The summed E-state index contributed by atoms with van der Waals surface area (Å²) in [4.78, 5) is 8.64. The molecule has 1 aromatic heterocycles. The van der Waals surface area contributed by atoms with E-state index in [1.54, 1.807) is 0 Å². The molecule has 0 aliphatic carbocycles. The Bertz CT molecular complexity index is 335. The lowest BCUT2D eigenvalue weighted by molar-refractivity contribution is 0.0874. The molecule has 0 bridgehead atoms. The minimum atomic E-state index is 0.362. The first-order valence-electron chi connectivity index (χ1n) is 5.40. The number of nitrogens with zero attached hydrogens (tertiary/aromatic N) is 2. The number of ether oxygens (including phenoxy) is 1. The number of rotatable bonds is 2. The van der Waals surface area contributed by atoms with Crippen LogP contribution in [-0.2, 0) is 4.74 Å². The van der Waals surface area contributed by atoms with Crippen molar-refractivity contribution in [3.8, 4) is 0 Å². The van der Waals surface area contributed by atoms with E-state index in [9.17, 15) is 0 Å². The first kappa shape index (κ1) is 10.4. The van der Waals surface area contributed by atoms with Gasteiger partial charge in [-0.05, 0) is 32.3 Å². The highest BCUT2D eigenvalue weighted by Gasteiger charge is 2.14. The molecule has 0 amide bonds. The molecule has 4 heteroatoms. The molecule has 1 N–H and O–H groups in total. The van der Waals surface area contributed by atoms with Crippen molar-refractivity contribution in [3.05, 3.63) is 17.5 Å². The van der Waals surface area contributed by atoms with Crippen LogP contribution in [0.1, 0.15) is 24.1 Å². The molecule has 0 spiro atoms. The third-order valence-electron chi connectivity index (χ3n) is 2.72. The van der Waals surface area contributed by atoms with E-state index in [1.165, 1.54) is 0 Å². The van der Waals surface area contributed by atoms with E-state index < -0.39 is 0 Å². The van der Waals surface area contributed by atoms with E-state index in [1.807, 2.05) is 20.0 Å². The molecule has 15 heavy (non-hydrogen) atoms. The van der Waals surface area contributed by atoms with Crippen LogP contribution in [0.3, 0.4) is 0 Å². The Morgan fingerprint density at radius 2 is 2.33 bits per heavy atom. The van der Waals surface area contributed by atoms with Crippen molar-refractivity contribution in [2.45, 2.75) is 32.7 Å². The number of hydrogen-bond acceptors (Lipinski definition) is 4. The smallest absolute Gasteiger partial charge is 0.223 e. The molecule has 1 aliphatic heterocycles. The molecular formula is C11H17N3O. The predicted octanol–water partition coefficient (Wildman–Crippen LogP) is 1.68. The van der Waals surface area contributed by atoms with Gasteiger partial charge in [0.2, 0.25) is 5.95 Å². The van der Waals surface area contributed by atoms with E-state index in [0.29, 0.717) is 12.0 Å². The van der Waals surface area contributed by atoms with Gasteiger partial charge in [0.25, 0.3) is 0 Å². The van der Waals surface area contributed by atoms with Gasteiger partial charge in [0, 0.05) is 18.5 Å². The standard InChI is InChI=1S/C11H17N3O/c1-8-6-12-11(13-9(8)2)14-10-4-3-5-15-7-10/h6,10H,3-5,7H2,1-2H3,(H,12,13,14). The van der Waals surface area contributed by atoms with E-state index in [0.717, 1.165) is 37.3 Å². The van der Waals surface area contributed by atoms with Crippen LogP contribution in [0.5, 0.6) is 0 Å². The molecule has 1 unspecified atom stereocenters. The largest absolute Gasteiger partial charge is 0.379 e. The average Bonchev–Trinajstić information content (AvgIpc) is 2.25. The maximum atomic E-state index is 5.39. The SMILES string of the molecule is Cc1cnc(NC2CCCOC2)nc1C. The zero-order valence-electron chi connectivity index (χ0n) is 9.29. The second-order valence-corrected chi connectivity index (χ2v) is 4.02. The zero-order valence-corrected chi connectivity index (χ0v) is 9.29. The molecule has 1 aliphatic rings. The molecule has 1 aromatic rings. The fourth-order valence-corrected chi connectivity index (χ4v) is 1.63. The summed E-state index contributed by atoms with van der Waals surface area (Å²) in [5, 5.41) is 3.30. The summed E-state index contributed by atoms with van der Waals surface area (Å²) < 4.78 is 5.39. The van der Waals surface area contributed by atoms with Gasteiger partial charge in [0.15, 0.2) is 0 Å². The van der Waals surface area contributed by atoms with E-state index in [-0.39, 0.29) is 0 Å². The van der Waals surface area contributed by atoms with Gasteiger partial charge in [-0.2, -0.15) is 0 Å². The Morgan fingerprint density at radius 3 is 3.00 bits per heavy atom. The lowest BCUT2D eigenvalue weighted by Gasteiger charge is -2.23. The highest BCUT2D eigenvalue weighted by molar-refractivity contribution is 5.29. The molecule has 2 rings (SSSR count). The van der Waals surface area contributed by atoms with E-state index >= 15 is 0 Å². The second-order valence-electron chi connectivity index (χ2n) is 4.02. The lowest BCUT2D eigenvalue weighted by atomic mass is 10.1. The van der Waals surface area contributed by atoms with E-state index in [4.69, 9.17) is 4.74 Å².